The number of pyridine rings is 1. The van der Waals surface area contributed by atoms with Gasteiger partial charge in [-0.2, -0.15) is 0 Å². The fourth-order valence-corrected chi connectivity index (χ4v) is 3.07. The van der Waals surface area contributed by atoms with Crippen molar-refractivity contribution in [2.24, 2.45) is 0 Å². The van der Waals surface area contributed by atoms with Gasteiger partial charge in [0.25, 0.3) is 5.91 Å². The fourth-order valence-electron chi connectivity index (χ4n) is 3.07. The van der Waals surface area contributed by atoms with Crippen LogP contribution in [0.3, 0.4) is 0 Å². The molecule has 0 aliphatic carbocycles. The molecule has 6 nitrogen and oxygen atoms in total. The highest BCUT2D eigenvalue weighted by molar-refractivity contribution is 5.94. The summed E-state index contributed by atoms with van der Waals surface area (Å²) >= 11 is 0. The second kappa shape index (κ2) is 7.55. The van der Waals surface area contributed by atoms with Crippen molar-refractivity contribution in [3.05, 3.63) is 29.6 Å². The van der Waals surface area contributed by atoms with Crippen molar-refractivity contribution < 1.29 is 14.3 Å². The van der Waals surface area contributed by atoms with Crippen LogP contribution in [0.5, 0.6) is 0 Å². The minimum atomic E-state index is -0.442. The van der Waals surface area contributed by atoms with Crippen molar-refractivity contribution in [1.82, 2.24) is 15.2 Å². The first kappa shape index (κ1) is 17.4. The predicted molar refractivity (Wildman–Crippen MR) is 87.2 cm³/mol. The van der Waals surface area contributed by atoms with Crippen LogP contribution in [0.2, 0.25) is 0 Å². The lowest BCUT2D eigenvalue weighted by atomic mass is 9.87. The van der Waals surface area contributed by atoms with Crippen molar-refractivity contribution in [2.45, 2.75) is 38.2 Å². The Morgan fingerprint density at radius 3 is 2.91 bits per heavy atom. The molecule has 1 aromatic heterocycles. The van der Waals surface area contributed by atoms with Gasteiger partial charge in [-0.15, -0.1) is 0 Å². The summed E-state index contributed by atoms with van der Waals surface area (Å²) < 4.78 is 5.73. The Bertz CT molecular complexity index is 576. The first-order valence-electron chi connectivity index (χ1n) is 7.97. The van der Waals surface area contributed by atoms with Crippen LogP contribution in [0, 0.1) is 6.92 Å². The number of piperidine rings is 1. The zero-order chi connectivity index (χ0) is 16.9. The first-order chi connectivity index (χ1) is 11.0. The van der Waals surface area contributed by atoms with Crippen molar-refractivity contribution in [2.75, 3.05) is 27.2 Å². The minimum absolute atomic E-state index is 0.00318. The van der Waals surface area contributed by atoms with Gasteiger partial charge in [0.05, 0.1) is 5.60 Å². The molecule has 0 radical (unpaired) electrons. The number of nitrogens with one attached hydrogen (secondary N) is 1. The van der Waals surface area contributed by atoms with Crippen LogP contribution in [0.4, 0.5) is 0 Å². The highest BCUT2D eigenvalue weighted by atomic mass is 16.5. The zero-order valence-corrected chi connectivity index (χ0v) is 14.1. The van der Waals surface area contributed by atoms with Crippen LogP contribution in [0.25, 0.3) is 0 Å². The molecular weight excluding hydrogens is 294 g/mol. The van der Waals surface area contributed by atoms with E-state index in [9.17, 15) is 9.59 Å². The van der Waals surface area contributed by atoms with Gasteiger partial charge in [0.15, 0.2) is 0 Å². The van der Waals surface area contributed by atoms with E-state index in [0.29, 0.717) is 31.5 Å². The van der Waals surface area contributed by atoms with E-state index < -0.39 is 5.60 Å². The van der Waals surface area contributed by atoms with Gasteiger partial charge < -0.3 is 15.0 Å². The van der Waals surface area contributed by atoms with Crippen LogP contribution in [0.15, 0.2) is 18.3 Å². The fraction of sp³-hybridized carbons (Fsp3) is 0.588. The third kappa shape index (κ3) is 4.28. The molecule has 1 aliphatic heterocycles. The normalized spacial score (nSPS) is 21.1. The van der Waals surface area contributed by atoms with Crippen LogP contribution < -0.4 is 5.32 Å². The van der Waals surface area contributed by atoms with E-state index in [-0.39, 0.29) is 11.8 Å². The summed E-state index contributed by atoms with van der Waals surface area (Å²) in [6.45, 7) is 3.10. The van der Waals surface area contributed by atoms with Crippen molar-refractivity contribution in [1.29, 1.82) is 0 Å². The van der Waals surface area contributed by atoms with Gasteiger partial charge >= 0.3 is 0 Å². The van der Waals surface area contributed by atoms with Crippen molar-refractivity contribution in [3.8, 4) is 0 Å². The number of hydrogen-bond acceptors (Lipinski definition) is 4. The lowest BCUT2D eigenvalue weighted by molar-refractivity contribution is -0.123. The third-order valence-corrected chi connectivity index (χ3v) is 4.49. The van der Waals surface area contributed by atoms with Gasteiger partial charge in [-0.05, 0) is 38.3 Å². The number of methoxy groups -OCH3 is 1. The summed E-state index contributed by atoms with van der Waals surface area (Å²) in [4.78, 5) is 30.2. The molecule has 126 valence electrons. The monoisotopic (exact) mass is 319 g/mol. The number of carbonyl (C=O) groups excluding carboxylic acids is 2. The number of ether oxygens (including phenoxy) is 1. The van der Waals surface area contributed by atoms with E-state index in [2.05, 4.69) is 10.3 Å². The average molecular weight is 319 g/mol. The second-order valence-corrected chi connectivity index (χ2v) is 6.08. The van der Waals surface area contributed by atoms with Gasteiger partial charge in [-0.25, -0.2) is 0 Å². The largest absolute Gasteiger partial charge is 0.376 e. The quantitative estimate of drug-likeness (QED) is 0.893. The van der Waals surface area contributed by atoms with Gasteiger partial charge in [-0.3, -0.25) is 14.6 Å². The zero-order valence-electron chi connectivity index (χ0n) is 14.1. The van der Waals surface area contributed by atoms with Gasteiger partial charge in [0.1, 0.15) is 0 Å². The minimum Gasteiger partial charge on any atom is -0.376 e. The summed E-state index contributed by atoms with van der Waals surface area (Å²) in [7, 11) is 3.29. The Hall–Kier alpha value is -1.95. The molecule has 1 fully saturated rings. The van der Waals surface area contributed by atoms with Gasteiger partial charge in [-0.1, -0.05) is 0 Å². The van der Waals surface area contributed by atoms with E-state index in [0.717, 1.165) is 18.5 Å². The lowest BCUT2D eigenvalue weighted by Crippen LogP contribution is -2.51. The van der Waals surface area contributed by atoms with E-state index in [1.165, 1.54) is 0 Å². The SMILES string of the molecule is CNC(=O)CC[C@]1(OC)CCCN(C(=O)c2ccnc(C)c2)C1. The molecule has 0 aromatic carbocycles. The number of rotatable bonds is 5. The predicted octanol–water partition coefficient (Wildman–Crippen LogP) is 1.54. The molecule has 1 N–H and O–H groups in total. The molecule has 1 saturated heterocycles. The van der Waals surface area contributed by atoms with Crippen LogP contribution >= 0.6 is 0 Å². The van der Waals surface area contributed by atoms with Gasteiger partial charge in [0.2, 0.25) is 5.91 Å². The lowest BCUT2D eigenvalue weighted by Gasteiger charge is -2.42. The smallest absolute Gasteiger partial charge is 0.254 e. The topological polar surface area (TPSA) is 71.5 Å². The maximum Gasteiger partial charge on any atom is 0.254 e. The third-order valence-electron chi connectivity index (χ3n) is 4.49. The summed E-state index contributed by atoms with van der Waals surface area (Å²) in [6.07, 6.45) is 4.40. The molecule has 1 aromatic rings. The van der Waals surface area contributed by atoms with Crippen LogP contribution in [-0.4, -0.2) is 54.5 Å². The maximum atomic E-state index is 12.7. The average Bonchev–Trinajstić information content (AvgIpc) is 2.59. The number of likely N-dealkylation sites (tertiary alicyclic amines) is 1. The van der Waals surface area contributed by atoms with Crippen LogP contribution in [-0.2, 0) is 9.53 Å². The Balaban J connectivity index is 2.09. The molecule has 2 amide bonds. The Kier molecular flexibility index (Phi) is 5.71. The van der Waals surface area contributed by atoms with E-state index in [1.807, 2.05) is 11.8 Å². The van der Waals surface area contributed by atoms with E-state index >= 15 is 0 Å². The standard InChI is InChI=1S/C17H25N3O3/c1-13-11-14(6-9-19-13)16(22)20-10-4-7-17(12-20,23-3)8-5-15(21)18-2/h6,9,11H,4-5,7-8,10,12H2,1-3H3,(H,18,21)/t17-/m1/s1. The summed E-state index contributed by atoms with van der Waals surface area (Å²) in [6, 6.07) is 3.54. The van der Waals surface area contributed by atoms with E-state index in [1.54, 1.807) is 32.5 Å². The Morgan fingerprint density at radius 1 is 1.48 bits per heavy atom. The van der Waals surface area contributed by atoms with Crippen molar-refractivity contribution in [3.63, 3.8) is 0 Å². The Labute approximate surface area is 137 Å². The molecule has 6 heteroatoms. The maximum absolute atomic E-state index is 12.7. The number of aromatic nitrogens is 1. The number of nitrogens with zero attached hydrogens (tertiary/aromatic N) is 2. The summed E-state index contributed by atoms with van der Waals surface area (Å²) in [5.41, 5.74) is 1.03. The molecule has 2 rings (SSSR count). The molecule has 0 saturated carbocycles. The molecule has 0 spiro atoms. The van der Waals surface area contributed by atoms with E-state index in [4.69, 9.17) is 4.74 Å². The molecule has 1 aliphatic rings. The molecule has 23 heavy (non-hydrogen) atoms. The molecule has 0 bridgehead atoms. The molecule has 2 heterocycles. The number of hydrogen-bond donors (Lipinski definition) is 1. The summed E-state index contributed by atoms with van der Waals surface area (Å²) in [5.74, 6) is -0.00815. The second-order valence-electron chi connectivity index (χ2n) is 6.08. The molecule has 0 unspecified atom stereocenters. The number of carbonyl (C=O) groups is 2. The number of aryl methyl sites for hydroxylation is 1. The molecular formula is C17H25N3O3. The molecule has 1 atom stereocenters. The first-order valence-corrected chi connectivity index (χ1v) is 7.97. The van der Waals surface area contributed by atoms with Crippen molar-refractivity contribution >= 4 is 11.8 Å². The van der Waals surface area contributed by atoms with Crippen LogP contribution in [0.1, 0.15) is 41.7 Å². The Morgan fingerprint density at radius 2 is 2.26 bits per heavy atom. The highest BCUT2D eigenvalue weighted by Crippen LogP contribution is 2.30. The number of amides is 2. The highest BCUT2D eigenvalue weighted by Gasteiger charge is 2.37. The van der Waals surface area contributed by atoms with Gasteiger partial charge in [0, 0.05) is 51.1 Å². The summed E-state index contributed by atoms with van der Waals surface area (Å²) in [5, 5.41) is 2.63.